The summed E-state index contributed by atoms with van der Waals surface area (Å²) in [6.07, 6.45) is 3.52. The van der Waals surface area contributed by atoms with Gasteiger partial charge in [0.05, 0.1) is 37.6 Å². The number of hydrogen-bond acceptors (Lipinski definition) is 10. The number of allylic oxidation sites excluding steroid dienone is 1. The summed E-state index contributed by atoms with van der Waals surface area (Å²) in [4.78, 5) is 30.4. The van der Waals surface area contributed by atoms with Gasteiger partial charge >= 0.3 is 5.97 Å². The number of aliphatic imine (C=N–C) groups is 1. The van der Waals surface area contributed by atoms with Crippen molar-refractivity contribution in [2.45, 2.75) is 32.2 Å². The molecule has 1 atom stereocenters. The molecule has 1 aliphatic rings. The normalized spacial score (nSPS) is 15.9. The standard InChI is InChI=1S/C23H22Cl2N4O3S3/c1-4-32-20(30)18-13(2)28-23(33-12-17-10-27-22(25)35-17)29(11-16-9-26-21(24)34-16)19(18)14-5-7-15(31-3)8-6-14/h5-10,19H,4,11-12H2,1-3H3. The van der Waals surface area contributed by atoms with Crippen LogP contribution in [-0.4, -0.2) is 39.7 Å². The van der Waals surface area contributed by atoms with E-state index in [4.69, 9.17) is 37.7 Å². The molecule has 1 aliphatic heterocycles. The van der Waals surface area contributed by atoms with Crippen LogP contribution >= 0.6 is 57.6 Å². The van der Waals surface area contributed by atoms with Crippen LogP contribution < -0.4 is 4.74 Å². The maximum absolute atomic E-state index is 13.1. The largest absolute Gasteiger partial charge is 0.497 e. The van der Waals surface area contributed by atoms with Crippen molar-refractivity contribution in [1.82, 2.24) is 14.9 Å². The number of amidine groups is 1. The fourth-order valence-electron chi connectivity index (χ4n) is 3.62. The van der Waals surface area contributed by atoms with E-state index in [2.05, 4.69) is 14.9 Å². The Bertz CT molecular complexity index is 1260. The minimum atomic E-state index is -0.425. The molecule has 3 heterocycles. The molecule has 4 rings (SSSR count). The molecular formula is C23H22Cl2N4O3S3. The SMILES string of the molecule is CCOC(=O)C1=C(C)N=C(SCc2cnc(Cl)s2)N(Cc2cnc(Cl)s2)C1c1ccc(OC)cc1. The zero-order valence-electron chi connectivity index (χ0n) is 19.2. The molecule has 0 amide bonds. The van der Waals surface area contributed by atoms with Crippen LogP contribution in [0.25, 0.3) is 0 Å². The van der Waals surface area contributed by atoms with Gasteiger partial charge in [-0.3, -0.25) is 0 Å². The number of benzene rings is 1. The number of rotatable bonds is 8. The van der Waals surface area contributed by atoms with Gasteiger partial charge in [0.1, 0.15) is 5.75 Å². The third kappa shape index (κ3) is 6.18. The van der Waals surface area contributed by atoms with Crippen LogP contribution in [0, 0.1) is 0 Å². The maximum atomic E-state index is 13.1. The molecule has 1 unspecified atom stereocenters. The van der Waals surface area contributed by atoms with Crippen molar-refractivity contribution >= 4 is 68.8 Å². The number of thiazole rings is 2. The lowest BCUT2D eigenvalue weighted by Gasteiger charge is -2.38. The van der Waals surface area contributed by atoms with Gasteiger partial charge in [-0.05, 0) is 31.5 Å². The molecule has 0 spiro atoms. The van der Waals surface area contributed by atoms with Crippen LogP contribution in [0.15, 0.2) is 52.9 Å². The first-order valence-corrected chi connectivity index (χ1v) is 14.0. The van der Waals surface area contributed by atoms with Crippen LogP contribution in [0.3, 0.4) is 0 Å². The zero-order valence-corrected chi connectivity index (χ0v) is 23.1. The highest BCUT2D eigenvalue weighted by atomic mass is 35.5. The summed E-state index contributed by atoms with van der Waals surface area (Å²) in [5.74, 6) is 0.981. The van der Waals surface area contributed by atoms with Crippen molar-refractivity contribution in [3.63, 3.8) is 0 Å². The minimum absolute atomic E-state index is 0.271. The molecule has 12 heteroatoms. The topological polar surface area (TPSA) is 76.9 Å². The average molecular weight is 570 g/mol. The Morgan fingerprint density at radius 3 is 2.34 bits per heavy atom. The number of aromatic nitrogens is 2. The van der Waals surface area contributed by atoms with Crippen molar-refractivity contribution in [2.75, 3.05) is 13.7 Å². The predicted octanol–water partition coefficient (Wildman–Crippen LogP) is 6.60. The molecule has 0 radical (unpaired) electrons. The Morgan fingerprint density at radius 1 is 1.11 bits per heavy atom. The van der Waals surface area contributed by atoms with E-state index in [0.717, 1.165) is 26.2 Å². The maximum Gasteiger partial charge on any atom is 0.338 e. The summed E-state index contributed by atoms with van der Waals surface area (Å²) < 4.78 is 11.7. The summed E-state index contributed by atoms with van der Waals surface area (Å²) in [7, 11) is 1.62. The smallest absolute Gasteiger partial charge is 0.338 e. The summed E-state index contributed by atoms with van der Waals surface area (Å²) in [5, 5.41) is 0.769. The quantitative estimate of drug-likeness (QED) is 0.283. The third-order valence-corrected chi connectivity index (χ3v) is 8.57. The highest BCUT2D eigenvalue weighted by Crippen LogP contribution is 2.41. The second kappa shape index (κ2) is 11.7. The first-order valence-electron chi connectivity index (χ1n) is 10.6. The van der Waals surface area contributed by atoms with Crippen molar-refractivity contribution in [3.05, 3.63) is 72.2 Å². The van der Waals surface area contributed by atoms with Crippen LogP contribution in [0.4, 0.5) is 0 Å². The highest BCUT2D eigenvalue weighted by Gasteiger charge is 2.37. The van der Waals surface area contributed by atoms with E-state index in [9.17, 15) is 4.79 Å². The molecule has 0 saturated heterocycles. The van der Waals surface area contributed by atoms with Crippen LogP contribution in [-0.2, 0) is 21.8 Å². The molecule has 184 valence electrons. The van der Waals surface area contributed by atoms with E-state index in [1.54, 1.807) is 38.2 Å². The molecule has 0 bridgehead atoms. The monoisotopic (exact) mass is 568 g/mol. The number of thioether (sulfide) groups is 1. The van der Waals surface area contributed by atoms with Crippen molar-refractivity contribution < 1.29 is 14.3 Å². The number of carbonyl (C=O) groups is 1. The van der Waals surface area contributed by atoms with Gasteiger partial charge in [-0.15, -0.1) is 22.7 Å². The molecule has 0 N–H and O–H groups in total. The predicted molar refractivity (Wildman–Crippen MR) is 144 cm³/mol. The lowest BCUT2D eigenvalue weighted by atomic mass is 9.94. The number of methoxy groups -OCH3 is 1. The van der Waals surface area contributed by atoms with Crippen LogP contribution in [0.5, 0.6) is 5.75 Å². The Hall–Kier alpha value is -2.11. The second-order valence-corrected chi connectivity index (χ2v) is 11.7. The fourth-order valence-corrected chi connectivity index (χ4v) is 6.66. The fraction of sp³-hybridized carbons (Fsp3) is 0.304. The van der Waals surface area contributed by atoms with Gasteiger partial charge in [-0.1, -0.05) is 47.1 Å². The highest BCUT2D eigenvalue weighted by molar-refractivity contribution is 8.13. The molecule has 3 aromatic rings. The molecular weight excluding hydrogens is 547 g/mol. The molecule has 7 nitrogen and oxygen atoms in total. The molecule has 0 aliphatic carbocycles. The second-order valence-electron chi connectivity index (χ2n) is 7.37. The van der Waals surface area contributed by atoms with E-state index in [-0.39, 0.29) is 12.6 Å². The Kier molecular flexibility index (Phi) is 8.72. The molecule has 0 saturated carbocycles. The van der Waals surface area contributed by atoms with Gasteiger partial charge in [-0.25, -0.2) is 19.8 Å². The minimum Gasteiger partial charge on any atom is -0.497 e. The van der Waals surface area contributed by atoms with E-state index >= 15 is 0 Å². The van der Waals surface area contributed by atoms with Crippen molar-refractivity contribution in [3.8, 4) is 5.75 Å². The lowest BCUT2D eigenvalue weighted by Crippen LogP contribution is -2.39. The Labute approximate surface area is 225 Å². The van der Waals surface area contributed by atoms with Gasteiger partial charge in [0.25, 0.3) is 0 Å². The Morgan fingerprint density at radius 2 is 1.77 bits per heavy atom. The molecule has 35 heavy (non-hydrogen) atoms. The first-order chi connectivity index (χ1) is 16.9. The molecule has 2 aromatic heterocycles. The number of carbonyl (C=O) groups excluding carboxylic acids is 1. The number of esters is 1. The summed E-state index contributed by atoms with van der Waals surface area (Å²) in [5.41, 5.74) is 2.03. The number of hydrogen-bond donors (Lipinski definition) is 0. The van der Waals surface area contributed by atoms with E-state index < -0.39 is 6.04 Å². The third-order valence-electron chi connectivity index (χ3n) is 5.13. The summed E-state index contributed by atoms with van der Waals surface area (Å²) >= 11 is 16.5. The van der Waals surface area contributed by atoms with Gasteiger partial charge < -0.3 is 14.4 Å². The summed E-state index contributed by atoms with van der Waals surface area (Å²) in [6, 6.07) is 7.25. The lowest BCUT2D eigenvalue weighted by molar-refractivity contribution is -0.139. The summed E-state index contributed by atoms with van der Waals surface area (Å²) in [6.45, 7) is 4.37. The first kappa shape index (κ1) is 26.0. The number of halogens is 2. The van der Waals surface area contributed by atoms with Gasteiger partial charge in [0.2, 0.25) is 0 Å². The Balaban J connectivity index is 1.78. The zero-order chi connectivity index (χ0) is 24.9. The van der Waals surface area contributed by atoms with Crippen LogP contribution in [0.2, 0.25) is 8.93 Å². The van der Waals surface area contributed by atoms with Crippen molar-refractivity contribution in [2.24, 2.45) is 4.99 Å². The molecule has 1 aromatic carbocycles. The van der Waals surface area contributed by atoms with Crippen molar-refractivity contribution in [1.29, 1.82) is 0 Å². The van der Waals surface area contributed by atoms with E-state index in [0.29, 0.717) is 32.5 Å². The van der Waals surface area contributed by atoms with Gasteiger partial charge in [-0.2, -0.15) is 0 Å². The van der Waals surface area contributed by atoms with Gasteiger partial charge in [0.15, 0.2) is 14.1 Å². The number of nitrogens with zero attached hydrogens (tertiary/aromatic N) is 4. The molecule has 0 fully saturated rings. The van der Waals surface area contributed by atoms with E-state index in [1.165, 1.54) is 22.7 Å². The van der Waals surface area contributed by atoms with Gasteiger partial charge in [0, 0.05) is 27.9 Å². The average Bonchev–Trinajstić information content (AvgIpc) is 3.46. The number of ether oxygens (including phenoxy) is 2. The van der Waals surface area contributed by atoms with Crippen LogP contribution in [0.1, 0.15) is 35.2 Å². The van der Waals surface area contributed by atoms with E-state index in [1.807, 2.05) is 31.2 Å².